The minimum Gasteiger partial charge on any atom is -0.458 e. The van der Waals surface area contributed by atoms with E-state index >= 15 is 0 Å². The first-order valence-corrected chi connectivity index (χ1v) is 19.9. The van der Waals surface area contributed by atoms with Crippen molar-refractivity contribution in [2.24, 2.45) is 7.05 Å². The van der Waals surface area contributed by atoms with Gasteiger partial charge in [0.1, 0.15) is 28.5 Å². The molecule has 2 aromatic heterocycles. The van der Waals surface area contributed by atoms with Crippen LogP contribution in [-0.4, -0.2) is 11.1 Å². The molecule has 0 N–H and O–H groups in total. The lowest BCUT2D eigenvalue weighted by atomic mass is 9.34. The molecule has 2 aliphatic rings. The summed E-state index contributed by atoms with van der Waals surface area (Å²) in [4.78, 5) is 0. The van der Waals surface area contributed by atoms with Crippen LogP contribution >= 0.6 is 0 Å². The normalized spacial score (nSPS) is 13.6. The maximum Gasteiger partial charge on any atom is 0.295 e. The molecule has 0 aliphatic carbocycles. The van der Waals surface area contributed by atoms with Gasteiger partial charge in [0, 0.05) is 27.2 Å². The first-order chi connectivity index (χ1) is 26.9. The zero-order valence-electron chi connectivity index (χ0n) is 33.3. The highest BCUT2D eigenvalue weighted by Crippen LogP contribution is 2.43. The highest BCUT2D eigenvalue weighted by atomic mass is 16.5. The van der Waals surface area contributed by atoms with E-state index in [4.69, 9.17) is 9.47 Å². The molecule has 0 spiro atoms. The van der Waals surface area contributed by atoms with Crippen molar-refractivity contribution in [1.82, 2.24) is 4.40 Å². The summed E-state index contributed by atoms with van der Waals surface area (Å²) >= 11 is 0. The second kappa shape index (κ2) is 11.3. The van der Waals surface area contributed by atoms with Crippen molar-refractivity contribution in [3.05, 3.63) is 138 Å². The molecule has 0 atom stereocenters. The van der Waals surface area contributed by atoms with Gasteiger partial charge in [0.2, 0.25) is 0 Å². The van der Waals surface area contributed by atoms with Gasteiger partial charge in [0.15, 0.2) is 11.0 Å². The number of hydrogen-bond donors (Lipinski definition) is 0. The monoisotopic (exact) mass is 727 g/mol. The lowest BCUT2D eigenvalue weighted by Gasteiger charge is -2.35. The molecule has 4 heterocycles. The van der Waals surface area contributed by atoms with Gasteiger partial charge in [0.25, 0.3) is 12.4 Å². The maximum atomic E-state index is 7.01. The Morgan fingerprint density at radius 2 is 1.29 bits per heavy atom. The zero-order valence-corrected chi connectivity index (χ0v) is 33.3. The summed E-state index contributed by atoms with van der Waals surface area (Å²) in [5.41, 5.74) is 14.5. The third-order valence-corrected chi connectivity index (χ3v) is 12.6. The summed E-state index contributed by atoms with van der Waals surface area (Å²) in [5, 5.41) is 6.00. The fourth-order valence-corrected chi connectivity index (χ4v) is 9.61. The van der Waals surface area contributed by atoms with E-state index in [2.05, 4.69) is 186 Å². The summed E-state index contributed by atoms with van der Waals surface area (Å²) in [6, 6.07) is 44.9. The summed E-state index contributed by atoms with van der Waals surface area (Å²) in [6.45, 7) is 15.9. The van der Waals surface area contributed by atoms with Crippen LogP contribution < -0.4 is 30.4 Å². The number of benzene rings is 7. The number of imidazole rings is 1. The van der Waals surface area contributed by atoms with Crippen LogP contribution in [0.3, 0.4) is 0 Å². The Balaban J connectivity index is 1.17. The van der Waals surface area contributed by atoms with Crippen LogP contribution in [0.4, 0.5) is 0 Å². The molecule has 0 saturated heterocycles. The minimum absolute atomic E-state index is 0.00259. The second-order valence-corrected chi connectivity index (χ2v) is 18.1. The highest BCUT2D eigenvalue weighted by Gasteiger charge is 2.42. The summed E-state index contributed by atoms with van der Waals surface area (Å²) in [5.74, 6) is 3.58. The van der Waals surface area contributed by atoms with E-state index < -0.39 is 0 Å². The predicted molar refractivity (Wildman–Crippen MR) is 234 cm³/mol. The topological polar surface area (TPSA) is 26.8 Å². The fourth-order valence-electron chi connectivity index (χ4n) is 9.61. The van der Waals surface area contributed by atoms with Crippen molar-refractivity contribution < 1.29 is 14.0 Å². The Labute approximate surface area is 328 Å². The smallest absolute Gasteiger partial charge is 0.295 e. The molecule has 56 heavy (non-hydrogen) atoms. The summed E-state index contributed by atoms with van der Waals surface area (Å²) < 4.78 is 18.8. The van der Waals surface area contributed by atoms with Crippen molar-refractivity contribution in [1.29, 1.82) is 0 Å². The van der Waals surface area contributed by atoms with Crippen LogP contribution in [0.5, 0.6) is 23.0 Å². The number of aromatic nitrogens is 2. The Morgan fingerprint density at radius 3 is 2.02 bits per heavy atom. The van der Waals surface area contributed by atoms with Gasteiger partial charge in [-0.3, -0.25) is 0 Å². The third kappa shape index (κ3) is 4.57. The van der Waals surface area contributed by atoms with Crippen molar-refractivity contribution >= 4 is 72.2 Å². The SMILES string of the molecule is Cc1cccc2c3ccccc3n3c4c(-c5ccc6c7c8c(cc6c5)Oc5ccc(C(C)(C)C)cc5B8c5cc(C(C)(C)C)ccc5O7)cccc4[n+](C)c3c12. The summed E-state index contributed by atoms with van der Waals surface area (Å²) in [6.07, 6.45) is 0. The molecule has 0 bridgehead atoms. The van der Waals surface area contributed by atoms with Gasteiger partial charge in [-0.25, -0.2) is 4.57 Å². The highest BCUT2D eigenvalue weighted by molar-refractivity contribution is 6.98. The molecule has 5 heteroatoms. The minimum atomic E-state index is -0.00596. The number of fused-ring (bicyclic) bond motifs is 14. The largest absolute Gasteiger partial charge is 0.458 e. The first kappa shape index (κ1) is 33.3. The number of hydrogen-bond acceptors (Lipinski definition) is 2. The van der Waals surface area contributed by atoms with Crippen LogP contribution in [0.1, 0.15) is 58.2 Å². The van der Waals surface area contributed by atoms with Gasteiger partial charge in [-0.15, -0.1) is 0 Å². The van der Waals surface area contributed by atoms with Gasteiger partial charge in [0.05, 0.1) is 12.4 Å². The van der Waals surface area contributed by atoms with E-state index in [1.54, 1.807) is 0 Å². The Morgan fingerprint density at radius 1 is 0.607 bits per heavy atom. The molecule has 0 saturated carbocycles. The molecule has 7 aromatic carbocycles. The van der Waals surface area contributed by atoms with E-state index in [0.717, 1.165) is 44.8 Å². The zero-order chi connectivity index (χ0) is 38.4. The molecule has 11 rings (SSSR count). The molecule has 0 amide bonds. The molecule has 0 radical (unpaired) electrons. The molecule has 0 fully saturated rings. The number of aryl methyl sites for hydroxylation is 2. The van der Waals surface area contributed by atoms with E-state index in [1.807, 2.05) is 0 Å². The van der Waals surface area contributed by atoms with E-state index in [-0.39, 0.29) is 17.5 Å². The van der Waals surface area contributed by atoms with E-state index in [1.165, 1.54) is 71.5 Å². The van der Waals surface area contributed by atoms with Crippen LogP contribution in [0.15, 0.2) is 121 Å². The average Bonchev–Trinajstić information content (AvgIpc) is 3.48. The number of para-hydroxylation sites is 2. The van der Waals surface area contributed by atoms with Crippen LogP contribution in [0, 0.1) is 6.92 Å². The number of ether oxygens (including phenoxy) is 2. The van der Waals surface area contributed by atoms with E-state index in [9.17, 15) is 0 Å². The van der Waals surface area contributed by atoms with Crippen molar-refractivity contribution in [3.63, 3.8) is 0 Å². The van der Waals surface area contributed by atoms with Crippen molar-refractivity contribution in [2.45, 2.75) is 59.3 Å². The Kier molecular flexibility index (Phi) is 6.69. The number of rotatable bonds is 1. The molecule has 272 valence electrons. The van der Waals surface area contributed by atoms with Gasteiger partial charge < -0.3 is 9.47 Å². The molecule has 9 aromatic rings. The van der Waals surface area contributed by atoms with Crippen molar-refractivity contribution in [2.75, 3.05) is 0 Å². The Hall–Kier alpha value is -6.07. The number of nitrogens with zero attached hydrogens (tertiary/aromatic N) is 2. The van der Waals surface area contributed by atoms with Crippen LogP contribution in [-0.2, 0) is 17.9 Å². The fraction of sp³-hybridized carbons (Fsp3) is 0.196. The molecular formula is C51H44BN2O2+. The van der Waals surface area contributed by atoms with Crippen molar-refractivity contribution in [3.8, 4) is 34.1 Å². The van der Waals surface area contributed by atoms with Gasteiger partial charge in [-0.1, -0.05) is 120 Å². The van der Waals surface area contributed by atoms with Gasteiger partial charge in [-0.05, 0) is 98.8 Å². The molecular weight excluding hydrogens is 683 g/mol. The standard InChI is InChI=1S/C51H44BN2O2/c1-29-13-11-16-37-36-14-9-10-17-40(36)54-47-34(15-12-18-41(47)53(8)49(54)45(29)37)30-19-22-35-31(25-30)26-44-46-48(35)56-43-24-21-33(51(5,6)7)28-39(43)52(46)38-27-32(50(2,3)4)20-23-42(38)55-44/h9-28H,1-8H3/q+1. The maximum absolute atomic E-state index is 7.01. The third-order valence-electron chi connectivity index (χ3n) is 12.6. The summed E-state index contributed by atoms with van der Waals surface area (Å²) in [7, 11) is 2.20. The number of pyridine rings is 1. The molecule has 0 unspecified atom stereocenters. The molecule has 2 aliphatic heterocycles. The Bertz CT molecular complexity index is 3170. The first-order valence-electron chi connectivity index (χ1n) is 19.9. The second-order valence-electron chi connectivity index (χ2n) is 18.1. The van der Waals surface area contributed by atoms with Crippen LogP contribution in [0.25, 0.3) is 60.3 Å². The van der Waals surface area contributed by atoms with E-state index in [0.29, 0.717) is 0 Å². The average molecular weight is 728 g/mol. The quantitative estimate of drug-likeness (QED) is 0.0956. The van der Waals surface area contributed by atoms with Gasteiger partial charge in [-0.2, -0.15) is 4.40 Å². The predicted octanol–water partition coefficient (Wildman–Crippen LogP) is 10.7. The van der Waals surface area contributed by atoms with Crippen LogP contribution in [0.2, 0.25) is 0 Å². The van der Waals surface area contributed by atoms with Gasteiger partial charge >= 0.3 is 0 Å². The molecule has 4 nitrogen and oxygen atoms in total. The lowest BCUT2D eigenvalue weighted by molar-refractivity contribution is -0.617. The lowest BCUT2D eigenvalue weighted by Crippen LogP contribution is -2.57.